The molecule has 0 aromatic heterocycles. The largest absolute Gasteiger partial charge is 0.327 e. The summed E-state index contributed by atoms with van der Waals surface area (Å²) < 4.78 is 0. The van der Waals surface area contributed by atoms with E-state index in [1.165, 1.54) is 44.9 Å². The molecule has 1 nitrogen and oxygen atoms in total. The Morgan fingerprint density at radius 3 is 2.47 bits per heavy atom. The molecule has 2 N–H and O–H groups in total. The molecule has 5 unspecified atom stereocenters. The molecule has 3 saturated carbocycles. The minimum atomic E-state index is 0.502. The summed E-state index contributed by atoms with van der Waals surface area (Å²) in [7, 11) is 0. The zero-order valence-corrected chi connectivity index (χ0v) is 9.99. The van der Waals surface area contributed by atoms with Gasteiger partial charge >= 0.3 is 0 Å². The molecule has 5 atom stereocenters. The lowest BCUT2D eigenvalue weighted by Gasteiger charge is -2.27. The van der Waals surface area contributed by atoms with Gasteiger partial charge in [-0.15, -0.1) is 0 Å². The van der Waals surface area contributed by atoms with Crippen LogP contribution in [0.1, 0.15) is 51.9 Å². The van der Waals surface area contributed by atoms with Crippen molar-refractivity contribution in [1.29, 1.82) is 0 Å². The third kappa shape index (κ3) is 1.95. The van der Waals surface area contributed by atoms with Gasteiger partial charge in [0.15, 0.2) is 0 Å². The third-order valence-corrected chi connectivity index (χ3v) is 5.50. The van der Waals surface area contributed by atoms with E-state index in [0.29, 0.717) is 6.04 Å². The third-order valence-electron chi connectivity index (χ3n) is 5.50. The Kier molecular flexibility index (Phi) is 2.54. The second kappa shape index (κ2) is 3.76. The molecule has 0 saturated heterocycles. The van der Waals surface area contributed by atoms with E-state index < -0.39 is 0 Å². The zero-order valence-electron chi connectivity index (χ0n) is 9.99. The lowest BCUT2D eigenvalue weighted by molar-refractivity contribution is 0.258. The summed E-state index contributed by atoms with van der Waals surface area (Å²) in [6.45, 7) is 2.38. The molecule has 0 spiro atoms. The summed E-state index contributed by atoms with van der Waals surface area (Å²) in [4.78, 5) is 0. The molecule has 0 aliphatic heterocycles. The number of hydrogen-bond donors (Lipinski definition) is 1. The molecule has 15 heavy (non-hydrogen) atoms. The molecule has 86 valence electrons. The highest BCUT2D eigenvalue weighted by Gasteiger charge is 2.41. The van der Waals surface area contributed by atoms with Crippen molar-refractivity contribution in [2.75, 3.05) is 0 Å². The van der Waals surface area contributed by atoms with Crippen LogP contribution in [0.15, 0.2) is 0 Å². The highest BCUT2D eigenvalue weighted by atomic mass is 14.7. The van der Waals surface area contributed by atoms with Crippen molar-refractivity contribution in [3.05, 3.63) is 0 Å². The zero-order chi connectivity index (χ0) is 10.4. The highest BCUT2D eigenvalue weighted by Crippen LogP contribution is 2.50. The molecule has 3 rings (SSSR count). The van der Waals surface area contributed by atoms with Crippen LogP contribution in [-0.4, -0.2) is 6.04 Å². The Balaban J connectivity index is 1.52. The molecule has 0 aromatic carbocycles. The number of nitrogens with two attached hydrogens (primary N) is 1. The average molecular weight is 207 g/mol. The monoisotopic (exact) mass is 207 g/mol. The van der Waals surface area contributed by atoms with Crippen LogP contribution in [0.25, 0.3) is 0 Å². The van der Waals surface area contributed by atoms with Crippen LogP contribution in [-0.2, 0) is 0 Å². The van der Waals surface area contributed by atoms with Crippen molar-refractivity contribution in [3.8, 4) is 0 Å². The van der Waals surface area contributed by atoms with Gasteiger partial charge in [0, 0.05) is 6.04 Å². The molecule has 3 aliphatic carbocycles. The van der Waals surface area contributed by atoms with Crippen LogP contribution >= 0.6 is 0 Å². The normalized spacial score (nSPS) is 43.2. The van der Waals surface area contributed by atoms with Crippen molar-refractivity contribution in [1.82, 2.24) is 0 Å². The van der Waals surface area contributed by atoms with E-state index in [-0.39, 0.29) is 0 Å². The van der Waals surface area contributed by atoms with E-state index in [1.54, 1.807) is 0 Å². The minimum Gasteiger partial charge on any atom is -0.327 e. The van der Waals surface area contributed by atoms with Gasteiger partial charge in [0.1, 0.15) is 0 Å². The van der Waals surface area contributed by atoms with Gasteiger partial charge < -0.3 is 5.73 Å². The summed E-state index contributed by atoms with van der Waals surface area (Å²) in [5, 5.41) is 0. The number of hydrogen-bond acceptors (Lipinski definition) is 1. The Bertz CT molecular complexity index is 233. The molecule has 3 fully saturated rings. The van der Waals surface area contributed by atoms with E-state index >= 15 is 0 Å². The standard InChI is InChI=1S/C14H25N/c1-9(11-4-5-11)14(15)8-13-7-10-2-3-12(13)6-10/h9-14H,2-8,15H2,1H3. The summed E-state index contributed by atoms with van der Waals surface area (Å²) in [6, 6.07) is 0.502. The van der Waals surface area contributed by atoms with Gasteiger partial charge in [0.25, 0.3) is 0 Å². The van der Waals surface area contributed by atoms with E-state index in [2.05, 4.69) is 6.92 Å². The fourth-order valence-electron chi connectivity index (χ4n) is 4.20. The molecule has 3 aliphatic rings. The smallest absolute Gasteiger partial charge is 0.00699 e. The van der Waals surface area contributed by atoms with Gasteiger partial charge in [-0.05, 0) is 68.1 Å². The minimum absolute atomic E-state index is 0.502. The quantitative estimate of drug-likeness (QED) is 0.753. The van der Waals surface area contributed by atoms with Crippen LogP contribution in [0.3, 0.4) is 0 Å². The van der Waals surface area contributed by atoms with Gasteiger partial charge in [0.05, 0.1) is 0 Å². The topological polar surface area (TPSA) is 26.0 Å². The Hall–Kier alpha value is -0.0400. The van der Waals surface area contributed by atoms with Crippen LogP contribution in [0, 0.1) is 29.6 Å². The maximum Gasteiger partial charge on any atom is 0.00699 e. The molecule has 0 heterocycles. The molecular formula is C14H25N. The summed E-state index contributed by atoms with van der Waals surface area (Å²) in [5.74, 6) is 4.93. The second-order valence-corrected chi connectivity index (χ2v) is 6.53. The first-order valence-corrected chi connectivity index (χ1v) is 6.99. The number of rotatable bonds is 4. The summed E-state index contributed by atoms with van der Waals surface area (Å²) >= 11 is 0. The van der Waals surface area contributed by atoms with Crippen LogP contribution < -0.4 is 5.73 Å². The van der Waals surface area contributed by atoms with E-state index in [0.717, 1.165) is 29.6 Å². The summed E-state index contributed by atoms with van der Waals surface area (Å²) in [6.07, 6.45) is 10.3. The van der Waals surface area contributed by atoms with E-state index in [1.807, 2.05) is 0 Å². The Labute approximate surface area is 93.8 Å². The van der Waals surface area contributed by atoms with Crippen molar-refractivity contribution in [3.63, 3.8) is 0 Å². The molecule has 0 aromatic rings. The molecule has 0 amide bonds. The van der Waals surface area contributed by atoms with Gasteiger partial charge in [-0.1, -0.05) is 13.3 Å². The van der Waals surface area contributed by atoms with Crippen LogP contribution in [0.2, 0.25) is 0 Å². The van der Waals surface area contributed by atoms with Gasteiger partial charge in [-0.2, -0.15) is 0 Å². The predicted octanol–water partition coefficient (Wildman–Crippen LogP) is 3.19. The second-order valence-electron chi connectivity index (χ2n) is 6.53. The van der Waals surface area contributed by atoms with Crippen molar-refractivity contribution in [2.24, 2.45) is 35.3 Å². The highest BCUT2D eigenvalue weighted by molar-refractivity contribution is 4.93. The van der Waals surface area contributed by atoms with Crippen LogP contribution in [0.4, 0.5) is 0 Å². The Morgan fingerprint density at radius 1 is 1.13 bits per heavy atom. The average Bonchev–Trinajstić information content (AvgIpc) is 2.88. The molecular weight excluding hydrogens is 182 g/mol. The maximum atomic E-state index is 6.37. The van der Waals surface area contributed by atoms with Gasteiger partial charge in [0.2, 0.25) is 0 Å². The first-order chi connectivity index (χ1) is 7.24. The van der Waals surface area contributed by atoms with Crippen molar-refractivity contribution < 1.29 is 0 Å². The maximum absolute atomic E-state index is 6.37. The van der Waals surface area contributed by atoms with Crippen molar-refractivity contribution in [2.45, 2.75) is 57.9 Å². The fraction of sp³-hybridized carbons (Fsp3) is 1.00. The van der Waals surface area contributed by atoms with Gasteiger partial charge in [-0.25, -0.2) is 0 Å². The predicted molar refractivity (Wildman–Crippen MR) is 63.4 cm³/mol. The molecule has 1 heteroatoms. The lowest BCUT2D eigenvalue weighted by atomic mass is 9.81. The lowest BCUT2D eigenvalue weighted by Crippen LogP contribution is -2.33. The van der Waals surface area contributed by atoms with Crippen LogP contribution in [0.5, 0.6) is 0 Å². The Morgan fingerprint density at radius 2 is 1.93 bits per heavy atom. The fourth-order valence-corrected chi connectivity index (χ4v) is 4.20. The SMILES string of the molecule is CC(C(N)CC1CC2CCC1C2)C1CC1. The van der Waals surface area contributed by atoms with Crippen molar-refractivity contribution >= 4 is 0 Å². The number of fused-ring (bicyclic) bond motifs is 2. The molecule has 0 radical (unpaired) electrons. The van der Waals surface area contributed by atoms with E-state index in [9.17, 15) is 0 Å². The first-order valence-electron chi connectivity index (χ1n) is 6.99. The summed E-state index contributed by atoms with van der Waals surface area (Å²) in [5.41, 5.74) is 6.37. The first kappa shape index (κ1) is 10.1. The van der Waals surface area contributed by atoms with Gasteiger partial charge in [-0.3, -0.25) is 0 Å². The van der Waals surface area contributed by atoms with E-state index in [4.69, 9.17) is 5.73 Å². The molecule has 2 bridgehead atoms.